The van der Waals surface area contributed by atoms with Gasteiger partial charge in [-0.15, -0.1) is 10.2 Å². The molecule has 13 heteroatoms. The van der Waals surface area contributed by atoms with E-state index in [1.165, 1.54) is 6.92 Å². The first-order chi connectivity index (χ1) is 19.5. The van der Waals surface area contributed by atoms with Crippen molar-refractivity contribution in [3.63, 3.8) is 0 Å². The smallest absolute Gasteiger partial charge is 0.311 e. The third-order valence-corrected chi connectivity index (χ3v) is 9.66. The lowest BCUT2D eigenvalue weighted by Gasteiger charge is -2.23. The Hall–Kier alpha value is -2.06. The maximum absolute atomic E-state index is 12.2. The van der Waals surface area contributed by atoms with Crippen LogP contribution in [0.4, 0.5) is 0 Å². The van der Waals surface area contributed by atoms with Gasteiger partial charge in [-0.3, -0.25) is 9.59 Å². The molecular weight excluding hydrogens is 570 g/mol. The molecule has 0 spiro atoms. The minimum absolute atomic E-state index is 0.00399. The lowest BCUT2D eigenvalue weighted by molar-refractivity contribution is -0.143. The first-order valence-electron chi connectivity index (χ1n) is 14.5. The van der Waals surface area contributed by atoms with Crippen LogP contribution < -0.4 is 0 Å². The van der Waals surface area contributed by atoms with Crippen molar-refractivity contribution in [1.82, 2.24) is 10.2 Å². The highest BCUT2D eigenvalue weighted by Gasteiger charge is 2.40. The van der Waals surface area contributed by atoms with Crippen LogP contribution in [-0.4, -0.2) is 76.8 Å². The lowest BCUT2D eigenvalue weighted by Crippen LogP contribution is -2.23. The number of aliphatic hydroxyl groups is 3. The molecule has 0 amide bonds. The Morgan fingerprint density at radius 1 is 1.10 bits per heavy atom. The van der Waals surface area contributed by atoms with E-state index in [1.54, 1.807) is 0 Å². The largest absolute Gasteiger partial charge is 0.465 e. The number of hydrogen-bond donors (Lipinski definition) is 3. The molecule has 3 N–H and O–H groups in total. The number of carbonyl (C=O) groups is 2. The summed E-state index contributed by atoms with van der Waals surface area (Å²) < 4.78 is 32.7. The number of nitrogens with zero attached hydrogens (tertiary/aromatic N) is 3. The predicted molar refractivity (Wildman–Crippen MR) is 156 cm³/mol. The molecule has 0 bridgehead atoms. The fraction of sp³-hybridized carbons (Fsp3) is 0.750. The van der Waals surface area contributed by atoms with Gasteiger partial charge in [-0.25, -0.2) is 0 Å². The van der Waals surface area contributed by atoms with Crippen LogP contribution in [0.15, 0.2) is 20.9 Å². The zero-order chi connectivity index (χ0) is 30.3. The molecule has 1 aromatic rings. The van der Waals surface area contributed by atoms with Crippen molar-refractivity contribution in [3.8, 4) is 0 Å². The zero-order valence-corrected chi connectivity index (χ0v) is 25.7. The minimum Gasteiger partial charge on any atom is -0.465 e. The number of sulfonamides is 1. The molecule has 1 aliphatic rings. The number of aliphatic hydroxyl groups excluding tert-OH is 3. The normalized spacial score (nSPS) is 22.1. The number of hydrogen-bond acceptors (Lipinski definition) is 11. The van der Waals surface area contributed by atoms with Gasteiger partial charge in [0.1, 0.15) is 10.8 Å². The van der Waals surface area contributed by atoms with E-state index in [9.17, 15) is 33.3 Å². The van der Waals surface area contributed by atoms with Crippen LogP contribution in [0, 0.1) is 11.8 Å². The zero-order valence-electron chi connectivity index (χ0n) is 24.1. The Kier molecular flexibility index (Phi) is 15.8. The molecule has 0 aromatic carbocycles. The number of esters is 1. The molecule has 1 aliphatic carbocycles. The van der Waals surface area contributed by atoms with Crippen LogP contribution in [0.25, 0.3) is 0 Å². The molecule has 1 saturated carbocycles. The van der Waals surface area contributed by atoms with E-state index in [0.717, 1.165) is 43.2 Å². The summed E-state index contributed by atoms with van der Waals surface area (Å²) >= 11 is 0.796. The number of aromatic nitrogens is 2. The second-order valence-electron chi connectivity index (χ2n) is 10.6. The van der Waals surface area contributed by atoms with Gasteiger partial charge in [0.25, 0.3) is 4.34 Å². The lowest BCUT2D eigenvalue weighted by atomic mass is 9.85. The molecular formula is C28H45N3O8S2. The maximum Gasteiger partial charge on any atom is 0.311 e. The van der Waals surface area contributed by atoms with E-state index >= 15 is 0 Å². The third-order valence-electron chi connectivity index (χ3n) is 7.11. The van der Waals surface area contributed by atoms with Gasteiger partial charge in [-0.2, -0.15) is 12.8 Å². The molecule has 0 unspecified atom stereocenters. The van der Waals surface area contributed by atoms with Crippen molar-refractivity contribution in [2.75, 3.05) is 6.61 Å². The van der Waals surface area contributed by atoms with Gasteiger partial charge in [0.15, 0.2) is 0 Å². The quantitative estimate of drug-likeness (QED) is 0.0851. The molecule has 0 saturated heterocycles. The molecule has 232 valence electrons. The Morgan fingerprint density at radius 2 is 1.85 bits per heavy atom. The second-order valence-corrected chi connectivity index (χ2v) is 13.5. The molecule has 0 radical (unpaired) electrons. The average molecular weight is 616 g/mol. The predicted octanol–water partition coefficient (Wildman–Crippen LogP) is 3.56. The Balaban J connectivity index is 1.62. The highest BCUT2D eigenvalue weighted by Crippen LogP contribution is 2.38. The number of carbonyl (C=O) groups excluding carboxylic acids is 2. The number of ether oxygens (including phenoxy) is 1. The molecule has 0 aliphatic heterocycles. The molecule has 1 fully saturated rings. The van der Waals surface area contributed by atoms with E-state index in [-0.39, 0.29) is 59.9 Å². The molecule has 2 rings (SSSR count). The van der Waals surface area contributed by atoms with E-state index < -0.39 is 22.2 Å². The molecule has 1 aromatic heterocycles. The van der Waals surface area contributed by atoms with Crippen LogP contribution in [0.3, 0.4) is 0 Å². The van der Waals surface area contributed by atoms with E-state index in [1.807, 2.05) is 12.2 Å². The highest BCUT2D eigenvalue weighted by atomic mass is 32.2. The summed E-state index contributed by atoms with van der Waals surface area (Å²) in [5.74, 6) is -0.620. The Labute approximate surface area is 247 Å². The van der Waals surface area contributed by atoms with Crippen molar-refractivity contribution in [3.05, 3.63) is 17.2 Å². The van der Waals surface area contributed by atoms with Crippen molar-refractivity contribution >= 4 is 39.3 Å². The van der Waals surface area contributed by atoms with Gasteiger partial charge < -0.3 is 20.1 Å². The summed E-state index contributed by atoms with van der Waals surface area (Å²) in [4.78, 5) is 23.1. The van der Waals surface area contributed by atoms with E-state index in [4.69, 9.17) is 4.74 Å². The molecule has 41 heavy (non-hydrogen) atoms. The number of unbranched alkanes of at least 4 members (excludes halogenated alkanes) is 3. The van der Waals surface area contributed by atoms with E-state index in [2.05, 4.69) is 21.5 Å². The molecule has 5 atom stereocenters. The summed E-state index contributed by atoms with van der Waals surface area (Å²) in [6.45, 7) is 3.50. The van der Waals surface area contributed by atoms with Crippen molar-refractivity contribution in [2.45, 2.75) is 120 Å². The number of ketones is 1. The van der Waals surface area contributed by atoms with Crippen molar-refractivity contribution in [2.24, 2.45) is 16.2 Å². The van der Waals surface area contributed by atoms with Crippen LogP contribution in [0.5, 0.6) is 0 Å². The van der Waals surface area contributed by atoms with Crippen LogP contribution in [0.2, 0.25) is 0 Å². The summed E-state index contributed by atoms with van der Waals surface area (Å²) in [5, 5.41) is 38.6. The van der Waals surface area contributed by atoms with Crippen LogP contribution in [0.1, 0.15) is 95.9 Å². The summed E-state index contributed by atoms with van der Waals surface area (Å²) in [6.07, 6.45) is 11.5. The third kappa shape index (κ3) is 13.2. The summed E-state index contributed by atoms with van der Waals surface area (Å²) in [7, 11) is -4.01. The maximum atomic E-state index is 12.2. The average Bonchev–Trinajstić information content (AvgIpc) is 3.48. The first kappa shape index (κ1) is 35.1. The van der Waals surface area contributed by atoms with Gasteiger partial charge in [0, 0.05) is 19.1 Å². The first-order valence-corrected chi connectivity index (χ1v) is 16.7. The monoisotopic (exact) mass is 615 g/mol. The summed E-state index contributed by atoms with van der Waals surface area (Å²) in [6, 6.07) is 0. The number of allylic oxidation sites excluding steroid dienone is 2. The van der Waals surface area contributed by atoms with E-state index in [0.29, 0.717) is 43.5 Å². The Morgan fingerprint density at radius 3 is 2.59 bits per heavy atom. The molecule has 11 nitrogen and oxygen atoms in total. The van der Waals surface area contributed by atoms with Gasteiger partial charge >= 0.3 is 16.0 Å². The number of rotatable bonds is 20. The van der Waals surface area contributed by atoms with Gasteiger partial charge in [0.2, 0.25) is 0 Å². The van der Waals surface area contributed by atoms with Crippen molar-refractivity contribution in [1.29, 1.82) is 0 Å². The Bertz CT molecular complexity index is 1110. The number of Topliss-reactive ketones (excluding diaryl/α,β-unsaturated/α-hetero) is 1. The SMILES string of the molecule is CCCCC[C@H](O)CC[C@@H]1[C@@H](C/C=C\CCCC(=O)OCCC=NS(=O)(=O)c2nnc(CC(C)=O)s2)[C@@H](O)C[C@H]1O. The van der Waals surface area contributed by atoms with Gasteiger partial charge in [-0.1, -0.05) is 49.7 Å². The molecule has 1 heterocycles. The highest BCUT2D eigenvalue weighted by molar-refractivity contribution is 7.92. The fourth-order valence-electron chi connectivity index (χ4n) is 4.92. The fourth-order valence-corrected chi connectivity index (χ4v) is 6.94. The van der Waals surface area contributed by atoms with Gasteiger partial charge in [0.05, 0.1) is 31.3 Å². The summed E-state index contributed by atoms with van der Waals surface area (Å²) in [5.41, 5.74) is 0. The second kappa shape index (κ2) is 18.5. The van der Waals surface area contributed by atoms with Gasteiger partial charge in [-0.05, 0) is 63.7 Å². The topological polar surface area (TPSA) is 176 Å². The van der Waals surface area contributed by atoms with Crippen molar-refractivity contribution < 1.29 is 38.1 Å². The van der Waals surface area contributed by atoms with Crippen LogP contribution >= 0.6 is 11.3 Å². The van der Waals surface area contributed by atoms with Crippen LogP contribution in [-0.2, 0) is 30.8 Å². The minimum atomic E-state index is -4.01. The standard InChI is InChI=1S/C28H45N3O8S2/c1-3-4-7-11-21(33)14-15-23-22(24(34)19-25(23)35)12-8-5-6-9-13-27(36)39-17-10-16-29-41(37,38)28-31-30-26(40-28)18-20(2)32/h5,8,16,21-25,33-35H,3-4,6-7,9-15,17-19H2,1-2H3/b8-5-,29-16?/t21-,22+,23+,24-,25+/m0/s1.